The molecule has 0 unspecified atom stereocenters. The van der Waals surface area contributed by atoms with Crippen LogP contribution in [0.4, 0.5) is 11.6 Å². The fourth-order valence-electron chi connectivity index (χ4n) is 2.65. The first-order chi connectivity index (χ1) is 12.6. The van der Waals surface area contributed by atoms with Crippen LogP contribution in [0.15, 0.2) is 60.7 Å². The van der Waals surface area contributed by atoms with Crippen molar-refractivity contribution < 1.29 is 4.79 Å². The van der Waals surface area contributed by atoms with Crippen LogP contribution in [-0.4, -0.2) is 22.4 Å². The number of nitrogens with zero attached hydrogens (tertiary/aromatic N) is 2. The number of carbonyl (C=O) groups excluding carboxylic acids is 1. The average molecular weight is 346 g/mol. The molecule has 0 aliphatic heterocycles. The quantitative estimate of drug-likeness (QED) is 0.712. The van der Waals surface area contributed by atoms with Gasteiger partial charge in [0.1, 0.15) is 5.69 Å². The molecule has 1 aromatic heterocycles. The molecule has 0 fully saturated rings. The third kappa shape index (κ3) is 4.89. The molecule has 0 saturated carbocycles. The van der Waals surface area contributed by atoms with Crippen molar-refractivity contribution in [1.29, 1.82) is 0 Å². The predicted molar refractivity (Wildman–Crippen MR) is 104 cm³/mol. The topological polar surface area (TPSA) is 66.9 Å². The normalized spacial score (nSPS) is 10.4. The van der Waals surface area contributed by atoms with Gasteiger partial charge in [0.05, 0.1) is 0 Å². The van der Waals surface area contributed by atoms with Gasteiger partial charge in [0.25, 0.3) is 5.91 Å². The lowest BCUT2D eigenvalue weighted by molar-refractivity contribution is 0.0949. The highest BCUT2D eigenvalue weighted by molar-refractivity contribution is 5.92. The van der Waals surface area contributed by atoms with E-state index in [0.717, 1.165) is 23.4 Å². The van der Waals surface area contributed by atoms with E-state index in [-0.39, 0.29) is 5.91 Å². The molecule has 3 rings (SSSR count). The summed E-state index contributed by atoms with van der Waals surface area (Å²) in [5.41, 5.74) is 4.32. The summed E-state index contributed by atoms with van der Waals surface area (Å²) < 4.78 is 0. The smallest absolute Gasteiger partial charge is 0.270 e. The van der Waals surface area contributed by atoms with Gasteiger partial charge < -0.3 is 10.6 Å². The highest BCUT2D eigenvalue weighted by Gasteiger charge is 2.10. The molecule has 2 N–H and O–H groups in total. The van der Waals surface area contributed by atoms with Crippen LogP contribution < -0.4 is 10.6 Å². The Morgan fingerprint density at radius 2 is 1.77 bits per heavy atom. The molecule has 1 heterocycles. The lowest BCUT2D eigenvalue weighted by atomic mass is 10.1. The average Bonchev–Trinajstić information content (AvgIpc) is 2.62. The summed E-state index contributed by atoms with van der Waals surface area (Å²) in [4.78, 5) is 21.1. The van der Waals surface area contributed by atoms with Crippen LogP contribution in [0.25, 0.3) is 0 Å². The minimum absolute atomic E-state index is 0.196. The summed E-state index contributed by atoms with van der Waals surface area (Å²) in [6, 6.07) is 19.7. The maximum atomic E-state index is 12.4. The van der Waals surface area contributed by atoms with Crippen molar-refractivity contribution in [3.8, 4) is 0 Å². The lowest BCUT2D eigenvalue weighted by Gasteiger charge is -2.09. The Morgan fingerprint density at radius 3 is 2.54 bits per heavy atom. The number of carbonyl (C=O) groups is 1. The summed E-state index contributed by atoms with van der Waals surface area (Å²) in [6.07, 6.45) is 0.783. The lowest BCUT2D eigenvalue weighted by Crippen LogP contribution is -2.27. The first-order valence-corrected chi connectivity index (χ1v) is 8.62. The SMILES string of the molecule is Cc1cccc(Nc2nc(C)cc(C(=O)NCCc3ccccc3)n2)c1. The molecule has 5 nitrogen and oxygen atoms in total. The highest BCUT2D eigenvalue weighted by atomic mass is 16.1. The summed E-state index contributed by atoms with van der Waals surface area (Å²) in [5.74, 6) is 0.225. The van der Waals surface area contributed by atoms with Crippen LogP contribution in [0.1, 0.15) is 27.3 Å². The number of aryl methyl sites for hydroxylation is 2. The van der Waals surface area contributed by atoms with E-state index < -0.39 is 0 Å². The van der Waals surface area contributed by atoms with Crippen molar-refractivity contribution in [3.63, 3.8) is 0 Å². The molecule has 132 valence electrons. The number of amides is 1. The Bertz CT molecular complexity index is 894. The van der Waals surface area contributed by atoms with Crippen molar-refractivity contribution in [1.82, 2.24) is 15.3 Å². The van der Waals surface area contributed by atoms with Crippen molar-refractivity contribution in [2.24, 2.45) is 0 Å². The number of hydrogen-bond donors (Lipinski definition) is 2. The van der Waals surface area contributed by atoms with Crippen molar-refractivity contribution >= 4 is 17.5 Å². The maximum absolute atomic E-state index is 12.4. The van der Waals surface area contributed by atoms with E-state index in [1.165, 1.54) is 5.56 Å². The molecule has 0 radical (unpaired) electrons. The maximum Gasteiger partial charge on any atom is 0.270 e. The molecular weight excluding hydrogens is 324 g/mol. The molecule has 5 heteroatoms. The molecule has 0 atom stereocenters. The van der Waals surface area contributed by atoms with Gasteiger partial charge in [0.2, 0.25) is 5.95 Å². The van der Waals surface area contributed by atoms with Gasteiger partial charge in [0.15, 0.2) is 0 Å². The van der Waals surface area contributed by atoms with Gasteiger partial charge >= 0.3 is 0 Å². The van der Waals surface area contributed by atoms with Gasteiger partial charge in [0, 0.05) is 17.9 Å². The van der Waals surface area contributed by atoms with Crippen LogP contribution in [0, 0.1) is 13.8 Å². The van der Waals surface area contributed by atoms with Crippen LogP contribution in [0.2, 0.25) is 0 Å². The second-order valence-electron chi connectivity index (χ2n) is 6.20. The molecule has 2 aromatic carbocycles. The van der Waals surface area contributed by atoms with Crippen LogP contribution in [0.5, 0.6) is 0 Å². The Labute approximate surface area is 153 Å². The standard InChI is InChI=1S/C21H22N4O/c1-15-7-6-10-18(13-15)24-21-23-16(2)14-19(25-21)20(26)22-12-11-17-8-4-3-5-9-17/h3-10,13-14H,11-12H2,1-2H3,(H,22,26)(H,23,24,25). The molecule has 1 amide bonds. The minimum Gasteiger partial charge on any atom is -0.350 e. The second kappa shape index (κ2) is 8.25. The summed E-state index contributed by atoms with van der Waals surface area (Å²) in [5, 5.41) is 6.08. The van der Waals surface area contributed by atoms with Crippen LogP contribution in [-0.2, 0) is 6.42 Å². The number of nitrogens with one attached hydrogen (secondary N) is 2. The van der Waals surface area contributed by atoms with Crippen molar-refractivity contribution in [2.75, 3.05) is 11.9 Å². The van der Waals surface area contributed by atoms with E-state index in [2.05, 4.69) is 20.6 Å². The van der Waals surface area contributed by atoms with E-state index in [1.54, 1.807) is 6.07 Å². The van der Waals surface area contributed by atoms with E-state index in [0.29, 0.717) is 18.2 Å². The van der Waals surface area contributed by atoms with Crippen molar-refractivity contribution in [2.45, 2.75) is 20.3 Å². The van der Waals surface area contributed by atoms with Crippen LogP contribution in [0.3, 0.4) is 0 Å². The highest BCUT2D eigenvalue weighted by Crippen LogP contribution is 2.15. The van der Waals surface area contributed by atoms with E-state index >= 15 is 0 Å². The van der Waals surface area contributed by atoms with Gasteiger partial charge in [-0.2, -0.15) is 0 Å². The molecule has 0 bridgehead atoms. The zero-order valence-corrected chi connectivity index (χ0v) is 15.0. The van der Waals surface area contributed by atoms with Gasteiger partial charge in [-0.1, -0.05) is 42.5 Å². The zero-order chi connectivity index (χ0) is 18.4. The Morgan fingerprint density at radius 1 is 0.962 bits per heavy atom. The summed E-state index contributed by atoms with van der Waals surface area (Å²) >= 11 is 0. The minimum atomic E-state index is -0.196. The van der Waals surface area contributed by atoms with Gasteiger partial charge in [-0.05, 0) is 49.6 Å². The third-order valence-electron chi connectivity index (χ3n) is 3.90. The Hall–Kier alpha value is -3.21. The molecule has 0 aliphatic carbocycles. The van der Waals surface area contributed by atoms with Gasteiger partial charge in [-0.3, -0.25) is 4.79 Å². The number of rotatable bonds is 6. The van der Waals surface area contributed by atoms with E-state index in [9.17, 15) is 4.79 Å². The summed E-state index contributed by atoms with van der Waals surface area (Å²) in [7, 11) is 0. The molecule has 3 aromatic rings. The van der Waals surface area contributed by atoms with Crippen molar-refractivity contribution in [3.05, 3.63) is 83.2 Å². The molecular formula is C21H22N4O. The number of anilines is 2. The summed E-state index contributed by atoms with van der Waals surface area (Å²) in [6.45, 7) is 4.43. The fraction of sp³-hybridized carbons (Fsp3) is 0.190. The number of aromatic nitrogens is 2. The van der Waals surface area contributed by atoms with E-state index in [4.69, 9.17) is 0 Å². The van der Waals surface area contributed by atoms with Gasteiger partial charge in [-0.25, -0.2) is 9.97 Å². The predicted octanol–water partition coefficient (Wildman–Crippen LogP) is 3.81. The van der Waals surface area contributed by atoms with Crippen LogP contribution >= 0.6 is 0 Å². The Kier molecular flexibility index (Phi) is 5.59. The zero-order valence-electron chi connectivity index (χ0n) is 15.0. The molecule has 0 spiro atoms. The number of hydrogen-bond acceptors (Lipinski definition) is 4. The first-order valence-electron chi connectivity index (χ1n) is 8.62. The molecule has 26 heavy (non-hydrogen) atoms. The molecule has 0 aliphatic rings. The Balaban J connectivity index is 1.65. The second-order valence-corrected chi connectivity index (χ2v) is 6.20. The van der Waals surface area contributed by atoms with Gasteiger partial charge in [-0.15, -0.1) is 0 Å². The number of benzene rings is 2. The third-order valence-corrected chi connectivity index (χ3v) is 3.90. The molecule has 0 saturated heterocycles. The fourth-order valence-corrected chi connectivity index (χ4v) is 2.65. The van der Waals surface area contributed by atoms with E-state index in [1.807, 2.05) is 68.4 Å². The first kappa shape index (κ1) is 17.6. The largest absolute Gasteiger partial charge is 0.350 e. The monoisotopic (exact) mass is 346 g/mol.